The van der Waals surface area contributed by atoms with Crippen LogP contribution in [0.2, 0.25) is 0 Å². The van der Waals surface area contributed by atoms with Crippen molar-refractivity contribution in [1.82, 2.24) is 5.01 Å². The number of rotatable bonds is 1. The van der Waals surface area contributed by atoms with Gasteiger partial charge in [-0.25, -0.2) is 10.9 Å². The van der Waals surface area contributed by atoms with Crippen molar-refractivity contribution in [1.29, 1.82) is 5.41 Å². The molecular formula is C7H10N4OS. The summed E-state index contributed by atoms with van der Waals surface area (Å²) in [5.74, 6) is 4.33. The summed E-state index contributed by atoms with van der Waals surface area (Å²) in [5, 5.41) is 7.57. The predicted molar refractivity (Wildman–Crippen MR) is 51.3 cm³/mol. The number of guanidine groups is 1. The van der Waals surface area contributed by atoms with Crippen LogP contribution in [0.5, 0.6) is 0 Å². The molecule has 0 saturated carbocycles. The number of carbonyl (C=O) groups is 1. The molecule has 0 fully saturated rings. The van der Waals surface area contributed by atoms with Crippen molar-refractivity contribution in [3.63, 3.8) is 0 Å². The molecule has 0 aliphatic heterocycles. The van der Waals surface area contributed by atoms with Crippen molar-refractivity contribution in [2.24, 2.45) is 11.6 Å². The van der Waals surface area contributed by atoms with Crippen LogP contribution < -0.4 is 11.6 Å². The van der Waals surface area contributed by atoms with Gasteiger partial charge in [0.25, 0.3) is 5.91 Å². The largest absolute Gasteiger partial charge is 0.369 e. The Labute approximate surface area is 79.4 Å². The van der Waals surface area contributed by atoms with E-state index in [1.807, 2.05) is 13.0 Å². The summed E-state index contributed by atoms with van der Waals surface area (Å²) in [6.45, 7) is 1.88. The molecule has 5 N–H and O–H groups in total. The third kappa shape index (κ3) is 2.04. The fourth-order valence-electron chi connectivity index (χ4n) is 0.778. The Kier molecular flexibility index (Phi) is 2.64. The van der Waals surface area contributed by atoms with E-state index in [0.29, 0.717) is 9.89 Å². The molecule has 0 bridgehead atoms. The molecule has 70 valence electrons. The summed E-state index contributed by atoms with van der Waals surface area (Å²) in [7, 11) is 0. The van der Waals surface area contributed by atoms with Crippen molar-refractivity contribution in [2.45, 2.75) is 6.92 Å². The van der Waals surface area contributed by atoms with Crippen molar-refractivity contribution >= 4 is 23.2 Å². The van der Waals surface area contributed by atoms with Crippen LogP contribution in [0.25, 0.3) is 0 Å². The first-order chi connectivity index (χ1) is 6.02. The van der Waals surface area contributed by atoms with Crippen molar-refractivity contribution in [3.05, 3.63) is 21.9 Å². The lowest BCUT2D eigenvalue weighted by Gasteiger charge is -2.11. The molecule has 0 saturated heterocycles. The Morgan fingerprint density at radius 2 is 2.23 bits per heavy atom. The van der Waals surface area contributed by atoms with Crippen LogP contribution in [0.1, 0.15) is 14.5 Å². The third-order valence-corrected chi connectivity index (χ3v) is 2.42. The standard InChI is InChI=1S/C7H10N4OS/c1-4-2-3-5(13-4)6(12)11(10)7(8)9/h2-3H,10H2,1H3,(H3,8,9). The van der Waals surface area contributed by atoms with Gasteiger partial charge in [0, 0.05) is 4.88 Å². The van der Waals surface area contributed by atoms with Crippen molar-refractivity contribution < 1.29 is 4.79 Å². The van der Waals surface area contributed by atoms with Gasteiger partial charge >= 0.3 is 0 Å². The quantitative estimate of drug-likeness (QED) is 0.198. The molecule has 0 radical (unpaired) electrons. The Hall–Kier alpha value is -1.40. The van der Waals surface area contributed by atoms with Gasteiger partial charge in [-0.15, -0.1) is 11.3 Å². The number of hydrogen-bond donors (Lipinski definition) is 3. The molecule has 0 unspecified atom stereocenters. The molecule has 0 aliphatic rings. The number of hydrazine groups is 1. The lowest BCUT2D eigenvalue weighted by atomic mass is 10.4. The summed E-state index contributed by atoms with van der Waals surface area (Å²) in [5.41, 5.74) is 5.05. The second kappa shape index (κ2) is 3.55. The summed E-state index contributed by atoms with van der Waals surface area (Å²) < 4.78 is 0. The average Bonchev–Trinajstić information content (AvgIpc) is 2.49. The molecule has 6 heteroatoms. The summed E-state index contributed by atoms with van der Waals surface area (Å²) in [6.07, 6.45) is 0. The number of hydrogen-bond acceptors (Lipinski definition) is 4. The number of carbonyl (C=O) groups excluding carboxylic acids is 1. The van der Waals surface area contributed by atoms with Crippen LogP contribution >= 0.6 is 11.3 Å². The van der Waals surface area contributed by atoms with E-state index in [1.54, 1.807) is 6.07 Å². The fraction of sp³-hybridized carbons (Fsp3) is 0.143. The van der Waals surface area contributed by atoms with E-state index in [2.05, 4.69) is 0 Å². The molecule has 0 spiro atoms. The van der Waals surface area contributed by atoms with E-state index in [-0.39, 0.29) is 0 Å². The maximum Gasteiger partial charge on any atom is 0.285 e. The van der Waals surface area contributed by atoms with E-state index in [1.165, 1.54) is 11.3 Å². The highest BCUT2D eigenvalue weighted by Gasteiger charge is 2.15. The van der Waals surface area contributed by atoms with E-state index in [0.717, 1.165) is 4.88 Å². The number of aryl methyl sites for hydroxylation is 1. The summed E-state index contributed by atoms with van der Waals surface area (Å²) in [6, 6.07) is 3.47. The maximum atomic E-state index is 11.4. The molecule has 1 aromatic rings. The Morgan fingerprint density at radius 3 is 2.62 bits per heavy atom. The average molecular weight is 198 g/mol. The SMILES string of the molecule is Cc1ccc(C(=O)N(N)C(=N)N)s1. The Balaban J connectivity index is 2.85. The summed E-state index contributed by atoms with van der Waals surface area (Å²) in [4.78, 5) is 12.9. The molecule has 1 aromatic heterocycles. The zero-order chi connectivity index (χ0) is 10.0. The molecule has 13 heavy (non-hydrogen) atoms. The molecule has 1 rings (SSSR count). The molecule has 0 atom stereocenters. The van der Waals surface area contributed by atoms with E-state index >= 15 is 0 Å². The van der Waals surface area contributed by atoms with E-state index in [9.17, 15) is 4.79 Å². The molecule has 0 aromatic carbocycles. The molecule has 1 heterocycles. The number of thiophene rings is 1. The fourth-order valence-corrected chi connectivity index (χ4v) is 1.58. The van der Waals surface area contributed by atoms with Crippen LogP contribution in [0, 0.1) is 12.3 Å². The third-order valence-electron chi connectivity index (χ3n) is 1.43. The highest BCUT2D eigenvalue weighted by atomic mass is 32.1. The van der Waals surface area contributed by atoms with Crippen molar-refractivity contribution in [2.75, 3.05) is 0 Å². The van der Waals surface area contributed by atoms with Gasteiger partial charge in [0.2, 0.25) is 5.96 Å². The first-order valence-corrected chi connectivity index (χ1v) is 4.33. The van der Waals surface area contributed by atoms with Crippen LogP contribution in [-0.4, -0.2) is 16.9 Å². The predicted octanol–water partition coefficient (Wildman–Crippen LogP) is 0.266. The van der Waals surface area contributed by atoms with Gasteiger partial charge in [0.15, 0.2) is 0 Å². The highest BCUT2D eigenvalue weighted by Crippen LogP contribution is 2.15. The molecule has 1 amide bonds. The Morgan fingerprint density at radius 1 is 1.62 bits per heavy atom. The lowest BCUT2D eigenvalue weighted by molar-refractivity contribution is 0.0849. The maximum absolute atomic E-state index is 11.4. The number of amides is 1. The van der Waals surface area contributed by atoms with Gasteiger partial charge in [-0.2, -0.15) is 0 Å². The zero-order valence-electron chi connectivity index (χ0n) is 7.07. The molecule has 5 nitrogen and oxygen atoms in total. The van der Waals surface area contributed by atoms with Crippen LogP contribution in [0.4, 0.5) is 0 Å². The minimum atomic E-state index is -0.462. The number of nitrogens with two attached hydrogens (primary N) is 2. The number of nitrogens with zero attached hydrogens (tertiary/aromatic N) is 1. The van der Waals surface area contributed by atoms with E-state index < -0.39 is 11.9 Å². The van der Waals surface area contributed by atoms with Crippen LogP contribution in [0.15, 0.2) is 12.1 Å². The van der Waals surface area contributed by atoms with Crippen LogP contribution in [0.3, 0.4) is 0 Å². The van der Waals surface area contributed by atoms with Gasteiger partial charge in [0.05, 0.1) is 4.88 Å². The summed E-state index contributed by atoms with van der Waals surface area (Å²) >= 11 is 1.32. The topological polar surface area (TPSA) is 96.2 Å². The highest BCUT2D eigenvalue weighted by molar-refractivity contribution is 7.13. The Bertz CT molecular complexity index is 346. The number of nitrogens with one attached hydrogen (secondary N) is 1. The first kappa shape index (κ1) is 9.69. The van der Waals surface area contributed by atoms with Gasteiger partial charge in [-0.05, 0) is 19.1 Å². The lowest BCUT2D eigenvalue weighted by Crippen LogP contribution is -2.46. The molecular weight excluding hydrogens is 188 g/mol. The second-order valence-corrected chi connectivity index (χ2v) is 3.76. The van der Waals surface area contributed by atoms with Gasteiger partial charge in [-0.1, -0.05) is 0 Å². The first-order valence-electron chi connectivity index (χ1n) is 3.52. The van der Waals surface area contributed by atoms with Gasteiger partial charge < -0.3 is 5.73 Å². The van der Waals surface area contributed by atoms with Crippen LogP contribution in [-0.2, 0) is 0 Å². The minimum Gasteiger partial charge on any atom is -0.369 e. The smallest absolute Gasteiger partial charge is 0.285 e. The van der Waals surface area contributed by atoms with E-state index in [4.69, 9.17) is 17.0 Å². The normalized spacial score (nSPS) is 9.69. The van der Waals surface area contributed by atoms with Gasteiger partial charge in [0.1, 0.15) is 0 Å². The van der Waals surface area contributed by atoms with Crippen molar-refractivity contribution in [3.8, 4) is 0 Å². The minimum absolute atomic E-state index is 0.453. The molecule has 0 aliphatic carbocycles. The monoisotopic (exact) mass is 198 g/mol. The van der Waals surface area contributed by atoms with Gasteiger partial charge in [-0.3, -0.25) is 10.2 Å². The second-order valence-electron chi connectivity index (χ2n) is 2.47. The zero-order valence-corrected chi connectivity index (χ0v) is 7.89.